The molecule has 2 nitrogen and oxygen atoms in total. The Kier molecular flexibility index (Phi) is 12.4. The molecule has 0 saturated carbocycles. The Balaban J connectivity index is 0.000000247. The van der Waals surface area contributed by atoms with Crippen LogP contribution in [0.5, 0.6) is 0 Å². The van der Waals surface area contributed by atoms with Crippen molar-refractivity contribution < 1.29 is 20.1 Å². The van der Waals surface area contributed by atoms with E-state index in [4.69, 9.17) is 4.98 Å². The minimum atomic E-state index is -1.49. The largest absolute Gasteiger partial charge is 0.305 e. The fraction of sp³-hybridized carbons (Fsp3) is 0.282. The van der Waals surface area contributed by atoms with Gasteiger partial charge in [-0.05, 0) is 50.8 Å². The second kappa shape index (κ2) is 15.4. The van der Waals surface area contributed by atoms with Crippen LogP contribution in [-0.2, 0) is 26.5 Å². The molecule has 0 amide bonds. The Labute approximate surface area is 281 Å². The Morgan fingerprint density at radius 3 is 1.59 bits per heavy atom. The van der Waals surface area contributed by atoms with Crippen molar-refractivity contribution >= 4 is 26.5 Å². The van der Waals surface area contributed by atoms with E-state index in [1.807, 2.05) is 36.4 Å². The van der Waals surface area contributed by atoms with Gasteiger partial charge < -0.3 is 9.97 Å². The van der Waals surface area contributed by atoms with E-state index in [9.17, 15) is 0 Å². The summed E-state index contributed by atoms with van der Waals surface area (Å²) in [5.74, 6) is 0.553. The first-order valence-electron chi connectivity index (χ1n) is 15.4. The number of hydrogen-bond acceptors (Lipinski definition) is 2. The molecule has 2 aromatic heterocycles. The quantitative estimate of drug-likeness (QED) is 0.121. The standard InChI is InChI=1S/C23H26NSi.C16H20NSi.Ir/c1-17(2)18-11-13-19(14-12-18)21-15-22(20-9-7-6-8-10-20)24-16-23(21)25(3,4)5;1-5-13-11-15(14-9-7-6-8-10-14)17-12-16(13)18(2,3)4;/h6-9,11-17H,1-5H3;6-9,11-12H,5H2,1-4H3;/q2*-1;. The first-order valence-corrected chi connectivity index (χ1v) is 22.4. The molecule has 0 aliphatic carbocycles. The van der Waals surface area contributed by atoms with Crippen molar-refractivity contribution in [1.82, 2.24) is 9.97 Å². The first kappa shape index (κ1) is 35.5. The molecule has 0 fully saturated rings. The summed E-state index contributed by atoms with van der Waals surface area (Å²) in [6.45, 7) is 20.9. The van der Waals surface area contributed by atoms with Crippen LogP contribution >= 0.6 is 0 Å². The zero-order chi connectivity index (χ0) is 31.2. The molecule has 3 aromatic carbocycles. The molecule has 0 saturated heterocycles. The Bertz CT molecular complexity index is 1620. The summed E-state index contributed by atoms with van der Waals surface area (Å²) in [4.78, 5) is 9.38. The minimum Gasteiger partial charge on any atom is -0.305 e. The van der Waals surface area contributed by atoms with E-state index in [0.717, 1.165) is 28.9 Å². The van der Waals surface area contributed by atoms with Gasteiger partial charge in [0.05, 0.1) is 16.1 Å². The molecule has 0 aliphatic heterocycles. The van der Waals surface area contributed by atoms with Gasteiger partial charge in [0, 0.05) is 32.5 Å². The van der Waals surface area contributed by atoms with Crippen LogP contribution < -0.4 is 10.4 Å². The minimum absolute atomic E-state index is 0. The van der Waals surface area contributed by atoms with E-state index in [2.05, 4.69) is 138 Å². The van der Waals surface area contributed by atoms with Gasteiger partial charge >= 0.3 is 0 Å². The molecule has 0 N–H and O–H groups in total. The average Bonchev–Trinajstić information content (AvgIpc) is 3.01. The van der Waals surface area contributed by atoms with Crippen LogP contribution in [0.4, 0.5) is 0 Å². The molecule has 231 valence electrons. The molecule has 5 rings (SSSR count). The fourth-order valence-corrected chi connectivity index (χ4v) is 8.34. The van der Waals surface area contributed by atoms with Crippen LogP contribution in [0.3, 0.4) is 0 Å². The topological polar surface area (TPSA) is 25.8 Å². The number of aromatic nitrogens is 2. The predicted octanol–water partition coefficient (Wildman–Crippen LogP) is 9.54. The molecular formula is C39H46IrN2Si2-2. The Morgan fingerprint density at radius 2 is 1.16 bits per heavy atom. The van der Waals surface area contributed by atoms with Gasteiger partial charge in [-0.2, -0.15) is 0 Å². The SMILES string of the molecule is CC(C)c1ccc(-c2cc(-c3[c-]cccc3)ncc2[Si](C)(C)C)cc1.CCc1cc(-c2[c-]cccc2)ncc1[Si](C)(C)C.[Ir]. The summed E-state index contributed by atoms with van der Waals surface area (Å²) in [6, 6.07) is 36.1. The van der Waals surface area contributed by atoms with Crippen LogP contribution in [0.1, 0.15) is 37.8 Å². The summed E-state index contributed by atoms with van der Waals surface area (Å²) in [5, 5.41) is 2.88. The molecular weight excluding hydrogens is 745 g/mol. The van der Waals surface area contributed by atoms with Gasteiger partial charge in [0.2, 0.25) is 0 Å². The summed E-state index contributed by atoms with van der Waals surface area (Å²) in [5.41, 5.74) is 9.57. The molecule has 0 aliphatic rings. The molecule has 0 atom stereocenters. The van der Waals surface area contributed by atoms with E-state index in [-0.39, 0.29) is 20.1 Å². The van der Waals surface area contributed by atoms with E-state index in [0.29, 0.717) is 5.92 Å². The van der Waals surface area contributed by atoms with Crippen LogP contribution in [0.15, 0.2) is 97.3 Å². The summed E-state index contributed by atoms with van der Waals surface area (Å²) in [6.07, 6.45) is 5.25. The second-order valence-electron chi connectivity index (χ2n) is 13.5. The maximum atomic E-state index is 4.75. The maximum Gasteiger partial charge on any atom is 0.0803 e. The van der Waals surface area contributed by atoms with Crippen LogP contribution in [0.2, 0.25) is 39.3 Å². The summed E-state index contributed by atoms with van der Waals surface area (Å²) >= 11 is 0. The molecule has 5 heteroatoms. The van der Waals surface area contributed by atoms with Crippen LogP contribution in [0.25, 0.3) is 33.6 Å². The van der Waals surface area contributed by atoms with Crippen molar-refractivity contribution in [1.29, 1.82) is 0 Å². The molecule has 1 radical (unpaired) electrons. The smallest absolute Gasteiger partial charge is 0.0803 e. The molecule has 0 spiro atoms. The van der Waals surface area contributed by atoms with Gasteiger partial charge in [0.1, 0.15) is 0 Å². The third-order valence-corrected chi connectivity index (χ3v) is 11.8. The van der Waals surface area contributed by atoms with E-state index in [1.54, 1.807) is 0 Å². The molecule has 0 unspecified atom stereocenters. The maximum absolute atomic E-state index is 4.75. The Morgan fingerprint density at radius 1 is 0.659 bits per heavy atom. The number of pyridine rings is 2. The van der Waals surface area contributed by atoms with Crippen molar-refractivity contribution in [3.63, 3.8) is 0 Å². The zero-order valence-electron chi connectivity index (χ0n) is 27.7. The number of aryl methyl sites for hydroxylation is 1. The van der Waals surface area contributed by atoms with Gasteiger partial charge in [-0.1, -0.05) is 102 Å². The number of nitrogens with zero attached hydrogens (tertiary/aromatic N) is 2. The van der Waals surface area contributed by atoms with Crippen LogP contribution in [-0.4, -0.2) is 26.1 Å². The van der Waals surface area contributed by atoms with E-state index >= 15 is 0 Å². The Hall–Kier alpha value is -2.96. The van der Waals surface area contributed by atoms with Crippen molar-refractivity contribution in [2.75, 3.05) is 0 Å². The zero-order valence-corrected chi connectivity index (χ0v) is 32.1. The van der Waals surface area contributed by atoms with Gasteiger partial charge in [-0.25, -0.2) is 0 Å². The van der Waals surface area contributed by atoms with E-state index < -0.39 is 16.1 Å². The van der Waals surface area contributed by atoms with Gasteiger partial charge in [-0.15, -0.1) is 71.8 Å². The van der Waals surface area contributed by atoms with Crippen molar-refractivity contribution in [2.24, 2.45) is 0 Å². The van der Waals surface area contributed by atoms with Crippen molar-refractivity contribution in [2.45, 2.75) is 72.4 Å². The predicted molar refractivity (Wildman–Crippen MR) is 192 cm³/mol. The normalized spacial score (nSPS) is 11.4. The molecule has 0 bridgehead atoms. The monoisotopic (exact) mass is 791 g/mol. The summed E-state index contributed by atoms with van der Waals surface area (Å²) in [7, 11) is -2.79. The molecule has 44 heavy (non-hydrogen) atoms. The van der Waals surface area contributed by atoms with Gasteiger partial charge in [0.25, 0.3) is 0 Å². The summed E-state index contributed by atoms with van der Waals surface area (Å²) < 4.78 is 0. The van der Waals surface area contributed by atoms with Gasteiger partial charge in [0.15, 0.2) is 0 Å². The number of rotatable bonds is 7. The molecule has 5 aromatic rings. The van der Waals surface area contributed by atoms with Crippen molar-refractivity contribution in [3.05, 3.63) is 121 Å². The first-order chi connectivity index (χ1) is 20.4. The third-order valence-electron chi connectivity index (χ3n) is 7.75. The third kappa shape index (κ3) is 9.04. The molecule has 2 heterocycles. The van der Waals surface area contributed by atoms with Crippen molar-refractivity contribution in [3.8, 4) is 33.6 Å². The van der Waals surface area contributed by atoms with E-state index in [1.165, 1.54) is 32.6 Å². The van der Waals surface area contributed by atoms with Crippen LogP contribution in [0, 0.1) is 12.1 Å². The second-order valence-corrected chi connectivity index (χ2v) is 23.6. The fourth-order valence-electron chi connectivity index (χ4n) is 5.20. The van der Waals surface area contributed by atoms with Gasteiger partial charge in [-0.3, -0.25) is 0 Å². The number of benzene rings is 3. The number of hydrogen-bond donors (Lipinski definition) is 0. The average molecular weight is 791 g/mol.